The summed E-state index contributed by atoms with van der Waals surface area (Å²) in [5.41, 5.74) is 0. The van der Waals surface area contributed by atoms with Gasteiger partial charge in [0, 0.05) is 34.0 Å². The van der Waals surface area contributed by atoms with Crippen molar-refractivity contribution in [2.75, 3.05) is 34.5 Å². The Morgan fingerprint density at radius 3 is 1.64 bits per heavy atom. The largest absolute Gasteiger partial charge is 0.500 e. The van der Waals surface area contributed by atoms with Gasteiger partial charge in [-0.25, -0.2) is 0 Å². The van der Waals surface area contributed by atoms with Crippen LogP contribution in [0.25, 0.3) is 0 Å². The summed E-state index contributed by atoms with van der Waals surface area (Å²) in [6.07, 6.45) is 13.2. The lowest BCUT2D eigenvalue weighted by molar-refractivity contribution is 0.122. The highest BCUT2D eigenvalue weighted by Gasteiger charge is 2.36. The first-order valence-corrected chi connectivity index (χ1v) is 10.5. The number of unbranched alkanes of at least 4 members (excludes halogenated alkanes) is 8. The van der Waals surface area contributed by atoms with Gasteiger partial charge in [-0.15, -0.1) is 6.58 Å². The van der Waals surface area contributed by atoms with Crippen molar-refractivity contribution in [2.45, 2.75) is 63.8 Å². The molecule has 0 rings (SSSR count). The van der Waals surface area contributed by atoms with Crippen molar-refractivity contribution >= 4 is 8.80 Å². The van der Waals surface area contributed by atoms with E-state index in [1.807, 2.05) is 0 Å². The second-order valence-corrected chi connectivity index (χ2v) is 8.68. The normalized spacial score (nSPS) is 11.8. The monoisotopic (exact) mass is 332 g/mol. The predicted octanol–water partition coefficient (Wildman–Crippen LogP) is 4.58. The maximum Gasteiger partial charge on any atom is 0.500 e. The maximum atomic E-state index is 5.42. The number of hydrogen-bond donors (Lipinski definition) is 0. The summed E-state index contributed by atoms with van der Waals surface area (Å²) < 4.78 is 21.6. The molecule has 0 aromatic heterocycles. The van der Waals surface area contributed by atoms with Crippen LogP contribution in [-0.4, -0.2) is 43.3 Å². The van der Waals surface area contributed by atoms with Crippen LogP contribution in [0.1, 0.15) is 57.8 Å². The second kappa shape index (κ2) is 15.7. The first-order valence-electron chi connectivity index (χ1n) is 8.58. The Kier molecular flexibility index (Phi) is 15.5. The highest BCUT2D eigenvalue weighted by atomic mass is 28.4. The van der Waals surface area contributed by atoms with E-state index in [1.165, 1.54) is 51.4 Å². The van der Waals surface area contributed by atoms with Crippen LogP contribution in [0, 0.1) is 0 Å². The van der Waals surface area contributed by atoms with Gasteiger partial charge >= 0.3 is 8.80 Å². The van der Waals surface area contributed by atoms with E-state index in [1.54, 1.807) is 27.4 Å². The molecule has 0 aromatic carbocycles. The van der Waals surface area contributed by atoms with Crippen molar-refractivity contribution in [3.63, 3.8) is 0 Å². The molecule has 0 atom stereocenters. The molecule has 0 aromatic rings. The standard InChI is InChI=1S/C17H36O4Si/c1-5-15-21-16-13-11-9-7-6-8-10-12-14-17-22(18-2,19-3)20-4/h5H,1,6-17H2,2-4H3. The van der Waals surface area contributed by atoms with Crippen molar-refractivity contribution in [3.8, 4) is 0 Å². The summed E-state index contributed by atoms with van der Waals surface area (Å²) in [6.45, 7) is 5.18. The minimum absolute atomic E-state index is 0.680. The summed E-state index contributed by atoms with van der Waals surface area (Å²) in [5, 5.41) is 0. The third kappa shape index (κ3) is 11.4. The molecule has 0 saturated heterocycles. The molecule has 22 heavy (non-hydrogen) atoms. The van der Waals surface area contributed by atoms with E-state index in [-0.39, 0.29) is 0 Å². The maximum absolute atomic E-state index is 5.42. The third-order valence-corrected chi connectivity index (χ3v) is 6.77. The Hall–Kier alpha value is -0.203. The van der Waals surface area contributed by atoms with E-state index < -0.39 is 8.80 Å². The lowest BCUT2D eigenvalue weighted by Crippen LogP contribution is -2.42. The summed E-state index contributed by atoms with van der Waals surface area (Å²) >= 11 is 0. The van der Waals surface area contributed by atoms with E-state index in [2.05, 4.69) is 6.58 Å². The summed E-state index contributed by atoms with van der Waals surface area (Å²) in [6, 6.07) is 0.918. The zero-order valence-electron chi connectivity index (χ0n) is 14.9. The number of ether oxygens (including phenoxy) is 1. The number of rotatable bonds is 17. The molecule has 0 unspecified atom stereocenters. The molecule has 5 heteroatoms. The Labute approximate surface area is 138 Å². The molecule has 0 heterocycles. The van der Waals surface area contributed by atoms with Gasteiger partial charge < -0.3 is 18.0 Å². The lowest BCUT2D eigenvalue weighted by Gasteiger charge is -2.24. The highest BCUT2D eigenvalue weighted by molar-refractivity contribution is 6.60. The molecule has 0 aliphatic rings. The van der Waals surface area contributed by atoms with Crippen LogP contribution in [0.4, 0.5) is 0 Å². The molecule has 132 valence electrons. The van der Waals surface area contributed by atoms with E-state index in [9.17, 15) is 0 Å². The average molecular weight is 333 g/mol. The van der Waals surface area contributed by atoms with E-state index in [4.69, 9.17) is 18.0 Å². The summed E-state index contributed by atoms with van der Waals surface area (Å²) in [5.74, 6) is 0. The minimum Gasteiger partial charge on any atom is -0.377 e. The fourth-order valence-corrected chi connectivity index (χ4v) is 4.30. The molecule has 0 fully saturated rings. The molecule has 0 amide bonds. The van der Waals surface area contributed by atoms with Crippen LogP contribution >= 0.6 is 0 Å². The SMILES string of the molecule is C=CCOCCCCCCCCCCC[Si](OC)(OC)OC. The van der Waals surface area contributed by atoms with Gasteiger partial charge in [-0.2, -0.15) is 0 Å². The first-order chi connectivity index (χ1) is 10.7. The van der Waals surface area contributed by atoms with Gasteiger partial charge in [0.05, 0.1) is 6.61 Å². The Bertz CT molecular complexity index is 237. The lowest BCUT2D eigenvalue weighted by atomic mass is 10.1. The Balaban J connectivity index is 3.28. The fourth-order valence-electron chi connectivity index (χ4n) is 2.51. The zero-order chi connectivity index (χ0) is 16.5. The van der Waals surface area contributed by atoms with E-state index >= 15 is 0 Å². The second-order valence-electron chi connectivity index (χ2n) is 5.59. The predicted molar refractivity (Wildman–Crippen MR) is 94.2 cm³/mol. The fraction of sp³-hybridized carbons (Fsp3) is 0.882. The smallest absolute Gasteiger partial charge is 0.377 e. The number of hydrogen-bond acceptors (Lipinski definition) is 4. The first kappa shape index (κ1) is 21.8. The molecule has 4 nitrogen and oxygen atoms in total. The molecule has 0 radical (unpaired) electrons. The average Bonchev–Trinajstić information content (AvgIpc) is 2.56. The van der Waals surface area contributed by atoms with Crippen molar-refractivity contribution in [2.24, 2.45) is 0 Å². The molecule has 0 bridgehead atoms. The summed E-state index contributed by atoms with van der Waals surface area (Å²) in [4.78, 5) is 0. The van der Waals surface area contributed by atoms with Gasteiger partial charge in [0.15, 0.2) is 0 Å². The Morgan fingerprint density at radius 1 is 0.727 bits per heavy atom. The van der Waals surface area contributed by atoms with Crippen molar-refractivity contribution in [1.29, 1.82) is 0 Å². The minimum atomic E-state index is -2.34. The molecule has 0 saturated carbocycles. The highest BCUT2D eigenvalue weighted by Crippen LogP contribution is 2.18. The van der Waals surface area contributed by atoms with Crippen LogP contribution in [0.5, 0.6) is 0 Å². The van der Waals surface area contributed by atoms with Gasteiger partial charge in [-0.05, 0) is 12.8 Å². The van der Waals surface area contributed by atoms with E-state index in [0.717, 1.165) is 19.1 Å². The van der Waals surface area contributed by atoms with Gasteiger partial charge in [0.2, 0.25) is 0 Å². The van der Waals surface area contributed by atoms with Crippen molar-refractivity contribution in [1.82, 2.24) is 0 Å². The van der Waals surface area contributed by atoms with Crippen LogP contribution in [0.2, 0.25) is 6.04 Å². The van der Waals surface area contributed by atoms with Crippen LogP contribution in [-0.2, 0) is 18.0 Å². The van der Waals surface area contributed by atoms with Gasteiger partial charge in [-0.1, -0.05) is 51.0 Å². The van der Waals surface area contributed by atoms with Gasteiger partial charge in [-0.3, -0.25) is 0 Å². The Morgan fingerprint density at radius 2 is 1.18 bits per heavy atom. The van der Waals surface area contributed by atoms with Gasteiger partial charge in [0.25, 0.3) is 0 Å². The molecule has 0 aliphatic carbocycles. The summed E-state index contributed by atoms with van der Waals surface area (Å²) in [7, 11) is 2.71. The molecule has 0 N–H and O–H groups in total. The molecule has 0 spiro atoms. The molecule has 0 aliphatic heterocycles. The third-order valence-electron chi connectivity index (χ3n) is 3.94. The quantitative estimate of drug-likeness (QED) is 0.222. The zero-order valence-corrected chi connectivity index (χ0v) is 15.9. The van der Waals surface area contributed by atoms with Crippen molar-refractivity contribution in [3.05, 3.63) is 12.7 Å². The molecular formula is C17H36O4Si. The van der Waals surface area contributed by atoms with Crippen LogP contribution in [0.3, 0.4) is 0 Å². The van der Waals surface area contributed by atoms with Crippen LogP contribution < -0.4 is 0 Å². The van der Waals surface area contributed by atoms with Crippen LogP contribution in [0.15, 0.2) is 12.7 Å². The van der Waals surface area contributed by atoms with Gasteiger partial charge in [0.1, 0.15) is 0 Å². The van der Waals surface area contributed by atoms with Crippen molar-refractivity contribution < 1.29 is 18.0 Å². The molecular weight excluding hydrogens is 296 g/mol. The topological polar surface area (TPSA) is 36.9 Å². The van der Waals surface area contributed by atoms with E-state index in [0.29, 0.717) is 6.61 Å².